The molecule has 2 aromatic carbocycles. The van der Waals surface area contributed by atoms with Crippen molar-refractivity contribution in [3.8, 4) is 0 Å². The van der Waals surface area contributed by atoms with Gasteiger partial charge in [0.05, 0.1) is 6.04 Å². The van der Waals surface area contributed by atoms with Crippen LogP contribution in [0.1, 0.15) is 58.8 Å². The number of carbonyl (C=O) groups excluding carboxylic acids is 2. The molecule has 37 heavy (non-hydrogen) atoms. The van der Waals surface area contributed by atoms with Crippen LogP contribution in [0.4, 0.5) is 0 Å². The van der Waals surface area contributed by atoms with Crippen LogP contribution in [0.15, 0.2) is 48.5 Å². The summed E-state index contributed by atoms with van der Waals surface area (Å²) in [6.07, 6.45) is 4.17. The highest BCUT2D eigenvalue weighted by Crippen LogP contribution is 2.38. The van der Waals surface area contributed by atoms with E-state index in [9.17, 15) is 9.59 Å². The predicted molar refractivity (Wildman–Crippen MR) is 147 cm³/mol. The van der Waals surface area contributed by atoms with Gasteiger partial charge in [-0.15, -0.1) is 0 Å². The number of nitrogens with one attached hydrogen (secondary N) is 1. The Bertz CT molecular complexity index is 1070. The van der Waals surface area contributed by atoms with E-state index < -0.39 is 0 Å². The summed E-state index contributed by atoms with van der Waals surface area (Å²) in [5.41, 5.74) is 4.32. The number of hydrogen-bond donors (Lipinski definition) is 1. The minimum absolute atomic E-state index is 0.00970. The van der Waals surface area contributed by atoms with E-state index in [0.29, 0.717) is 18.4 Å². The third-order valence-electron chi connectivity index (χ3n) is 8.91. The normalized spacial score (nSPS) is 25.2. The molecular weight excluding hydrogens is 460 g/mol. The molecule has 3 saturated heterocycles. The molecule has 3 unspecified atom stereocenters. The molecule has 3 heterocycles. The summed E-state index contributed by atoms with van der Waals surface area (Å²) < 4.78 is 0. The summed E-state index contributed by atoms with van der Waals surface area (Å²) in [6, 6.07) is 17.1. The molecule has 0 aromatic heterocycles. The average Bonchev–Trinajstić information content (AvgIpc) is 3.47. The fourth-order valence-electron chi connectivity index (χ4n) is 6.85. The first kappa shape index (κ1) is 25.9. The molecule has 1 N–H and O–H groups in total. The number of likely N-dealkylation sites (tertiary alicyclic amines) is 3. The summed E-state index contributed by atoms with van der Waals surface area (Å²) in [5.74, 6) is 1.37. The van der Waals surface area contributed by atoms with E-state index in [1.807, 2.05) is 32.0 Å². The molecule has 4 atom stereocenters. The molecule has 6 nitrogen and oxygen atoms in total. The van der Waals surface area contributed by atoms with Crippen molar-refractivity contribution in [1.82, 2.24) is 20.0 Å². The number of likely N-dealkylation sites (N-methyl/N-ethyl adjacent to an activating group) is 1. The third kappa shape index (κ3) is 5.60. The Balaban J connectivity index is 1.21. The second-order valence-corrected chi connectivity index (χ2v) is 11.4. The van der Waals surface area contributed by atoms with Crippen molar-refractivity contribution >= 4 is 11.8 Å². The van der Waals surface area contributed by atoms with Crippen molar-refractivity contribution < 1.29 is 9.59 Å². The molecule has 0 radical (unpaired) electrons. The molecule has 3 fully saturated rings. The molecule has 3 aliphatic rings. The van der Waals surface area contributed by atoms with Gasteiger partial charge in [-0.3, -0.25) is 19.4 Å². The van der Waals surface area contributed by atoms with Gasteiger partial charge in [-0.25, -0.2) is 0 Å². The number of aryl methyl sites for hydroxylation is 2. The molecule has 0 saturated carbocycles. The maximum absolute atomic E-state index is 13.4. The van der Waals surface area contributed by atoms with Crippen LogP contribution < -0.4 is 5.32 Å². The summed E-state index contributed by atoms with van der Waals surface area (Å²) in [5, 5.41) is 3.25. The van der Waals surface area contributed by atoms with Gasteiger partial charge < -0.3 is 10.2 Å². The molecule has 198 valence electrons. The smallest absolute Gasteiger partial charge is 0.254 e. The number of fused-ring (bicyclic) bond motifs is 1. The maximum Gasteiger partial charge on any atom is 0.254 e. The quantitative estimate of drug-likeness (QED) is 0.621. The fourth-order valence-corrected chi connectivity index (χ4v) is 6.85. The molecule has 0 aliphatic carbocycles. The van der Waals surface area contributed by atoms with Crippen LogP contribution in [-0.2, 0) is 4.79 Å². The monoisotopic (exact) mass is 502 g/mol. The van der Waals surface area contributed by atoms with Gasteiger partial charge in [-0.05, 0) is 75.2 Å². The Hall–Kier alpha value is -2.70. The zero-order valence-electron chi connectivity index (χ0n) is 22.7. The van der Waals surface area contributed by atoms with Crippen molar-refractivity contribution in [2.45, 2.75) is 51.6 Å². The van der Waals surface area contributed by atoms with Gasteiger partial charge in [0.2, 0.25) is 5.91 Å². The summed E-state index contributed by atoms with van der Waals surface area (Å²) in [4.78, 5) is 33.1. The highest BCUT2D eigenvalue weighted by Gasteiger charge is 2.44. The highest BCUT2D eigenvalue weighted by molar-refractivity contribution is 5.97. The molecule has 2 aromatic rings. The lowest BCUT2D eigenvalue weighted by Gasteiger charge is -2.32. The molecule has 0 spiro atoms. The van der Waals surface area contributed by atoms with E-state index in [4.69, 9.17) is 0 Å². The van der Waals surface area contributed by atoms with E-state index in [0.717, 1.165) is 68.7 Å². The molecule has 6 heteroatoms. The summed E-state index contributed by atoms with van der Waals surface area (Å²) >= 11 is 0. The predicted octanol–water partition coefficient (Wildman–Crippen LogP) is 4.04. The zero-order valence-corrected chi connectivity index (χ0v) is 22.7. The summed E-state index contributed by atoms with van der Waals surface area (Å²) in [7, 11) is 2.06. The van der Waals surface area contributed by atoms with E-state index >= 15 is 0 Å². The van der Waals surface area contributed by atoms with Gasteiger partial charge in [0.25, 0.3) is 5.91 Å². The van der Waals surface area contributed by atoms with Crippen LogP contribution >= 0.6 is 0 Å². The van der Waals surface area contributed by atoms with E-state index in [1.165, 1.54) is 12.0 Å². The topological polar surface area (TPSA) is 55.9 Å². The minimum Gasteiger partial charge on any atom is -0.355 e. The third-order valence-corrected chi connectivity index (χ3v) is 8.91. The second kappa shape index (κ2) is 11.4. The van der Waals surface area contributed by atoms with E-state index in [-0.39, 0.29) is 23.9 Å². The van der Waals surface area contributed by atoms with Crippen molar-refractivity contribution in [1.29, 1.82) is 0 Å². The Morgan fingerprint density at radius 3 is 2.24 bits per heavy atom. The van der Waals surface area contributed by atoms with Crippen molar-refractivity contribution in [2.75, 3.05) is 46.3 Å². The Kier molecular flexibility index (Phi) is 7.96. The van der Waals surface area contributed by atoms with Gasteiger partial charge in [0.15, 0.2) is 0 Å². The van der Waals surface area contributed by atoms with Gasteiger partial charge >= 0.3 is 0 Å². The zero-order chi connectivity index (χ0) is 25.9. The van der Waals surface area contributed by atoms with Crippen molar-refractivity contribution in [2.24, 2.45) is 11.8 Å². The fraction of sp³-hybridized carbons (Fsp3) is 0.548. The number of hydrogen-bond acceptors (Lipinski definition) is 4. The molecule has 2 amide bonds. The Morgan fingerprint density at radius 2 is 1.59 bits per heavy atom. The van der Waals surface area contributed by atoms with Crippen molar-refractivity contribution in [3.05, 3.63) is 70.8 Å². The standard InChI is InChI=1S/C31H42N4O2/c1-22-10-9-11-23(2)29(22)31(37)35-20-25-18-34(19-26(25)21-35)27(24-12-5-4-6-13-24)15-16-32-30(36)28-14-7-8-17-33(28)3/h4-6,9-13,25-28H,7-8,14-21H2,1-3H3,(H,32,36)/t25?,26?,27-,28?/m0/s1. The Morgan fingerprint density at radius 1 is 0.919 bits per heavy atom. The number of piperidine rings is 1. The second-order valence-electron chi connectivity index (χ2n) is 11.4. The lowest BCUT2D eigenvalue weighted by atomic mass is 10.0. The van der Waals surface area contributed by atoms with Crippen LogP contribution in [0.25, 0.3) is 0 Å². The largest absolute Gasteiger partial charge is 0.355 e. The van der Waals surface area contributed by atoms with Gasteiger partial charge in [0, 0.05) is 44.3 Å². The molecule has 0 bridgehead atoms. The Labute approximate surface area is 222 Å². The first-order valence-corrected chi connectivity index (χ1v) is 14.0. The molecule has 5 rings (SSSR count). The van der Waals surface area contributed by atoms with Crippen LogP contribution in [0.3, 0.4) is 0 Å². The van der Waals surface area contributed by atoms with Crippen molar-refractivity contribution in [3.63, 3.8) is 0 Å². The number of nitrogens with zero attached hydrogens (tertiary/aromatic N) is 3. The molecule has 3 aliphatic heterocycles. The van der Waals surface area contributed by atoms with Gasteiger partial charge in [-0.2, -0.15) is 0 Å². The van der Waals surface area contributed by atoms with E-state index in [1.54, 1.807) is 0 Å². The maximum atomic E-state index is 13.4. The number of carbonyl (C=O) groups is 2. The number of benzene rings is 2. The lowest BCUT2D eigenvalue weighted by Crippen LogP contribution is -2.48. The minimum atomic E-state index is 0.00970. The van der Waals surface area contributed by atoms with Gasteiger partial charge in [-0.1, -0.05) is 55.0 Å². The first-order valence-electron chi connectivity index (χ1n) is 14.0. The lowest BCUT2D eigenvalue weighted by molar-refractivity contribution is -0.127. The number of amides is 2. The average molecular weight is 503 g/mol. The van der Waals surface area contributed by atoms with Crippen LogP contribution in [0, 0.1) is 25.7 Å². The highest BCUT2D eigenvalue weighted by atomic mass is 16.2. The first-order chi connectivity index (χ1) is 17.9. The number of rotatable bonds is 7. The summed E-state index contributed by atoms with van der Waals surface area (Å²) in [6.45, 7) is 9.43. The van der Waals surface area contributed by atoms with Gasteiger partial charge in [0.1, 0.15) is 0 Å². The SMILES string of the molecule is Cc1cccc(C)c1C(=O)N1CC2CN([C@@H](CCNC(=O)C3CCCCN3C)c3ccccc3)CC2C1. The van der Waals surface area contributed by atoms with Crippen LogP contribution in [0.2, 0.25) is 0 Å². The molecular formula is C31H42N4O2. The van der Waals surface area contributed by atoms with E-state index in [2.05, 4.69) is 57.4 Å². The van der Waals surface area contributed by atoms with Crippen LogP contribution in [0.5, 0.6) is 0 Å². The van der Waals surface area contributed by atoms with Crippen LogP contribution in [-0.4, -0.2) is 78.9 Å².